The van der Waals surface area contributed by atoms with E-state index in [1.165, 1.54) is 54.7 Å². The van der Waals surface area contributed by atoms with Crippen LogP contribution in [0.3, 0.4) is 0 Å². The average molecular weight is 298 g/mol. The van der Waals surface area contributed by atoms with E-state index in [-0.39, 0.29) is 0 Å². The molecule has 0 bridgehead atoms. The van der Waals surface area contributed by atoms with Gasteiger partial charge in [0.15, 0.2) is 0 Å². The maximum Gasteiger partial charge on any atom is 0.119 e. The predicted molar refractivity (Wildman–Crippen MR) is 89.4 cm³/mol. The van der Waals surface area contributed by atoms with Gasteiger partial charge >= 0.3 is 0 Å². The van der Waals surface area contributed by atoms with Crippen LogP contribution in [0.25, 0.3) is 5.52 Å². The zero-order valence-electron chi connectivity index (χ0n) is 13.9. The molecule has 0 amide bonds. The molecular weight excluding hydrogens is 272 g/mol. The van der Waals surface area contributed by atoms with Gasteiger partial charge in [-0.2, -0.15) is 0 Å². The number of aryl methyl sites for hydroxylation is 2. The highest BCUT2D eigenvalue weighted by Crippen LogP contribution is 2.50. The van der Waals surface area contributed by atoms with Crippen molar-refractivity contribution in [1.29, 1.82) is 0 Å². The Labute approximate surface area is 132 Å². The van der Waals surface area contributed by atoms with Crippen molar-refractivity contribution in [3.05, 3.63) is 35.2 Å². The molecule has 1 saturated heterocycles. The van der Waals surface area contributed by atoms with Gasteiger partial charge in [-0.15, -0.1) is 0 Å². The van der Waals surface area contributed by atoms with Crippen molar-refractivity contribution in [2.45, 2.75) is 52.5 Å². The lowest BCUT2D eigenvalue weighted by atomic mass is 9.70. The minimum absolute atomic E-state index is 0.315. The lowest BCUT2D eigenvalue weighted by Crippen LogP contribution is -2.40. The van der Waals surface area contributed by atoms with Gasteiger partial charge in [-0.25, -0.2) is 0 Å². The van der Waals surface area contributed by atoms with E-state index >= 15 is 0 Å². The van der Waals surface area contributed by atoms with Gasteiger partial charge in [-0.3, -0.25) is 4.90 Å². The van der Waals surface area contributed by atoms with Crippen molar-refractivity contribution >= 4 is 5.52 Å². The van der Waals surface area contributed by atoms with Gasteiger partial charge < -0.3 is 9.51 Å². The molecule has 118 valence electrons. The Morgan fingerprint density at radius 2 is 1.95 bits per heavy atom. The van der Waals surface area contributed by atoms with Gasteiger partial charge in [-0.1, -0.05) is 13.8 Å². The summed E-state index contributed by atoms with van der Waals surface area (Å²) in [6.45, 7) is 9.54. The molecule has 3 heterocycles. The lowest BCUT2D eigenvalue weighted by Gasteiger charge is -2.44. The van der Waals surface area contributed by atoms with E-state index in [0.29, 0.717) is 17.2 Å². The summed E-state index contributed by atoms with van der Waals surface area (Å²) in [5.41, 5.74) is 5.84. The van der Waals surface area contributed by atoms with Crippen LogP contribution < -0.4 is 0 Å². The van der Waals surface area contributed by atoms with Crippen LogP contribution in [0.4, 0.5) is 0 Å². The number of nitrogens with zero attached hydrogens (tertiary/aromatic N) is 2. The Bertz CT molecular complexity index is 723. The van der Waals surface area contributed by atoms with Gasteiger partial charge in [0.2, 0.25) is 0 Å². The van der Waals surface area contributed by atoms with Crippen LogP contribution >= 0.6 is 0 Å². The first-order valence-electron chi connectivity index (χ1n) is 8.55. The van der Waals surface area contributed by atoms with Crippen LogP contribution in [0.1, 0.15) is 56.0 Å². The van der Waals surface area contributed by atoms with E-state index in [9.17, 15) is 5.11 Å². The predicted octanol–water partition coefficient (Wildman–Crippen LogP) is 4.06. The van der Waals surface area contributed by atoms with E-state index in [0.717, 1.165) is 6.42 Å². The fourth-order valence-corrected chi connectivity index (χ4v) is 4.76. The lowest BCUT2D eigenvalue weighted by molar-refractivity contribution is 0.0903. The van der Waals surface area contributed by atoms with Crippen molar-refractivity contribution in [2.24, 2.45) is 5.41 Å². The Hall–Kier alpha value is -1.48. The smallest absolute Gasteiger partial charge is 0.119 e. The highest BCUT2D eigenvalue weighted by Gasteiger charge is 2.42. The number of aromatic hydroxyl groups is 1. The van der Waals surface area contributed by atoms with E-state index in [1.807, 2.05) is 12.3 Å². The Kier molecular flexibility index (Phi) is 3.06. The Balaban J connectivity index is 1.95. The molecule has 0 saturated carbocycles. The molecule has 0 radical (unpaired) electrons. The fourth-order valence-electron chi connectivity index (χ4n) is 4.76. The second kappa shape index (κ2) is 4.76. The van der Waals surface area contributed by atoms with E-state index < -0.39 is 0 Å². The summed E-state index contributed by atoms with van der Waals surface area (Å²) in [5.74, 6) is 0.363. The van der Waals surface area contributed by atoms with E-state index in [2.05, 4.69) is 30.1 Å². The third-order valence-corrected chi connectivity index (χ3v) is 5.85. The molecule has 1 unspecified atom stereocenters. The van der Waals surface area contributed by atoms with Crippen molar-refractivity contribution in [3.63, 3.8) is 0 Å². The molecule has 1 N–H and O–H groups in total. The molecular formula is C19H26N2O. The SMILES string of the molecule is Cc1c2c(n3ccc(O)cc13)CCC(C)(C)C2N1CCCC1. The third kappa shape index (κ3) is 1.91. The summed E-state index contributed by atoms with van der Waals surface area (Å²) in [6, 6.07) is 4.24. The number of pyridine rings is 1. The van der Waals surface area contributed by atoms with Crippen LogP contribution in [0.5, 0.6) is 5.75 Å². The summed E-state index contributed by atoms with van der Waals surface area (Å²) < 4.78 is 2.31. The summed E-state index contributed by atoms with van der Waals surface area (Å²) in [4.78, 5) is 2.70. The summed E-state index contributed by atoms with van der Waals surface area (Å²) in [5, 5.41) is 9.87. The van der Waals surface area contributed by atoms with Gasteiger partial charge in [-0.05, 0) is 68.3 Å². The van der Waals surface area contributed by atoms with Crippen LogP contribution in [0, 0.1) is 12.3 Å². The quantitative estimate of drug-likeness (QED) is 0.859. The monoisotopic (exact) mass is 298 g/mol. The molecule has 0 spiro atoms. The first-order chi connectivity index (χ1) is 10.5. The summed E-state index contributed by atoms with van der Waals surface area (Å²) in [7, 11) is 0. The van der Waals surface area contributed by atoms with Crippen molar-refractivity contribution in [3.8, 4) is 5.75 Å². The van der Waals surface area contributed by atoms with Gasteiger partial charge in [0.25, 0.3) is 0 Å². The molecule has 3 nitrogen and oxygen atoms in total. The summed E-state index contributed by atoms with van der Waals surface area (Å²) in [6.07, 6.45) is 7.06. The number of likely N-dealkylation sites (tertiary alicyclic amines) is 1. The van der Waals surface area contributed by atoms with Gasteiger partial charge in [0.1, 0.15) is 5.75 Å². The maximum atomic E-state index is 9.87. The molecule has 2 aromatic heterocycles. The maximum absolute atomic E-state index is 9.87. The van der Waals surface area contributed by atoms with E-state index in [1.54, 1.807) is 6.07 Å². The van der Waals surface area contributed by atoms with Crippen LogP contribution in [0.2, 0.25) is 0 Å². The Morgan fingerprint density at radius 1 is 1.23 bits per heavy atom. The third-order valence-electron chi connectivity index (χ3n) is 5.85. The average Bonchev–Trinajstić information content (AvgIpc) is 3.07. The summed E-state index contributed by atoms with van der Waals surface area (Å²) >= 11 is 0. The molecule has 3 heteroatoms. The van der Waals surface area contributed by atoms with Crippen LogP contribution in [-0.2, 0) is 6.42 Å². The molecule has 1 aliphatic carbocycles. The van der Waals surface area contributed by atoms with Crippen LogP contribution in [-0.4, -0.2) is 27.5 Å². The van der Waals surface area contributed by atoms with Crippen LogP contribution in [0.15, 0.2) is 18.3 Å². The van der Waals surface area contributed by atoms with Crippen molar-refractivity contribution < 1.29 is 5.11 Å². The molecule has 2 aliphatic rings. The highest BCUT2D eigenvalue weighted by atomic mass is 16.3. The second-order valence-corrected chi connectivity index (χ2v) is 7.76. The number of rotatable bonds is 1. The van der Waals surface area contributed by atoms with Crippen molar-refractivity contribution in [2.75, 3.05) is 13.1 Å². The zero-order valence-corrected chi connectivity index (χ0v) is 13.9. The van der Waals surface area contributed by atoms with Gasteiger partial charge in [0.05, 0.1) is 5.52 Å². The molecule has 1 atom stereocenters. The fraction of sp³-hybridized carbons (Fsp3) is 0.579. The molecule has 1 aliphatic heterocycles. The standard InChI is InChI=1S/C19H26N2O/c1-13-16-12-14(22)7-11-21(16)15-6-8-19(2,3)18(17(13)15)20-9-4-5-10-20/h7,11-12,18,22H,4-6,8-10H2,1-3H3. The second-order valence-electron chi connectivity index (χ2n) is 7.76. The number of hydrogen-bond acceptors (Lipinski definition) is 2. The zero-order chi connectivity index (χ0) is 15.5. The number of hydrogen-bond donors (Lipinski definition) is 1. The van der Waals surface area contributed by atoms with E-state index in [4.69, 9.17) is 0 Å². The highest BCUT2D eigenvalue weighted by molar-refractivity contribution is 5.65. The molecule has 0 aromatic carbocycles. The first kappa shape index (κ1) is 14.1. The Morgan fingerprint density at radius 3 is 2.68 bits per heavy atom. The van der Waals surface area contributed by atoms with Crippen molar-refractivity contribution in [1.82, 2.24) is 9.30 Å². The number of fused-ring (bicyclic) bond motifs is 3. The topological polar surface area (TPSA) is 27.9 Å². The minimum Gasteiger partial charge on any atom is -0.508 e. The molecule has 2 aromatic rings. The minimum atomic E-state index is 0.315. The molecule has 1 fully saturated rings. The largest absolute Gasteiger partial charge is 0.508 e. The molecule has 22 heavy (non-hydrogen) atoms. The normalized spacial score (nSPS) is 24.8. The van der Waals surface area contributed by atoms with Gasteiger partial charge in [0, 0.05) is 24.0 Å². The number of aromatic nitrogens is 1. The first-order valence-corrected chi connectivity index (χ1v) is 8.55. The molecule has 4 rings (SSSR count).